The normalized spacial score (nSPS) is 21.0. The van der Waals surface area contributed by atoms with Crippen molar-refractivity contribution < 1.29 is 18.0 Å². The van der Waals surface area contributed by atoms with E-state index in [0.717, 1.165) is 11.1 Å². The molecule has 7 heteroatoms. The number of hydrogen-bond donors (Lipinski definition) is 0. The quantitative estimate of drug-likeness (QED) is 0.793. The molecule has 1 atom stereocenters. The summed E-state index contributed by atoms with van der Waals surface area (Å²) in [4.78, 5) is 14.1. The molecule has 1 amide bonds. The molecule has 1 fully saturated rings. The molecule has 26 heavy (non-hydrogen) atoms. The summed E-state index contributed by atoms with van der Waals surface area (Å²) in [6.45, 7) is 0.304. The van der Waals surface area contributed by atoms with Crippen molar-refractivity contribution in [3.8, 4) is 11.1 Å². The van der Waals surface area contributed by atoms with Crippen LogP contribution in [0.25, 0.3) is 11.1 Å². The first-order chi connectivity index (χ1) is 12.4. The molecule has 4 rings (SSSR count). The van der Waals surface area contributed by atoms with Crippen LogP contribution in [0.3, 0.4) is 0 Å². The highest BCUT2D eigenvalue weighted by Crippen LogP contribution is 2.52. The van der Waals surface area contributed by atoms with Crippen LogP contribution in [0, 0.1) is 5.92 Å². The molecule has 4 nitrogen and oxygen atoms in total. The van der Waals surface area contributed by atoms with Gasteiger partial charge in [-0.3, -0.25) is 4.79 Å². The van der Waals surface area contributed by atoms with Crippen molar-refractivity contribution in [2.75, 3.05) is 13.1 Å². The Bertz CT molecular complexity index is 841. The first-order valence-corrected chi connectivity index (χ1v) is 8.36. The Morgan fingerprint density at radius 3 is 2.19 bits per heavy atom. The Hall–Kier alpha value is -2.70. The molecule has 2 aliphatic heterocycles. The highest BCUT2D eigenvalue weighted by Gasteiger charge is 2.69. The Kier molecular flexibility index (Phi) is 3.82. The molecule has 0 spiro atoms. The van der Waals surface area contributed by atoms with E-state index < -0.39 is 17.8 Å². The molecule has 0 aromatic heterocycles. The molecule has 2 heterocycles. The maximum atomic E-state index is 13.1. The van der Waals surface area contributed by atoms with Gasteiger partial charge in [-0.25, -0.2) is 0 Å². The Balaban J connectivity index is 1.46. The van der Waals surface area contributed by atoms with Crippen LogP contribution in [0.4, 0.5) is 13.2 Å². The molecule has 0 aliphatic carbocycles. The third-order valence-electron chi connectivity index (χ3n) is 5.02. The van der Waals surface area contributed by atoms with Gasteiger partial charge in [0, 0.05) is 24.6 Å². The van der Waals surface area contributed by atoms with Gasteiger partial charge < -0.3 is 4.90 Å². The fraction of sp³-hybridized carbons (Fsp3) is 0.316. The predicted molar refractivity (Wildman–Crippen MR) is 89.5 cm³/mol. The minimum absolute atomic E-state index is 0.0196. The molecule has 0 saturated carbocycles. The summed E-state index contributed by atoms with van der Waals surface area (Å²) in [5, 5.41) is 6.52. The molecule has 134 valence electrons. The fourth-order valence-corrected chi connectivity index (χ4v) is 3.45. The van der Waals surface area contributed by atoms with Crippen LogP contribution in [-0.4, -0.2) is 35.7 Å². The first kappa shape index (κ1) is 16.8. The maximum Gasteiger partial charge on any atom is 0.438 e. The monoisotopic (exact) mass is 359 g/mol. The molecule has 0 bridgehead atoms. The third kappa shape index (κ3) is 2.77. The number of likely N-dealkylation sites (tertiary alicyclic amines) is 1. The zero-order valence-electron chi connectivity index (χ0n) is 13.8. The van der Waals surface area contributed by atoms with Crippen LogP contribution >= 0.6 is 0 Å². The van der Waals surface area contributed by atoms with Gasteiger partial charge in [-0.05, 0) is 29.7 Å². The molecule has 1 saturated heterocycles. The maximum absolute atomic E-state index is 13.1. The van der Waals surface area contributed by atoms with E-state index in [4.69, 9.17) is 0 Å². The average Bonchev–Trinajstić information content (AvgIpc) is 3.33. The number of nitrogens with zero attached hydrogens (tertiary/aromatic N) is 3. The Morgan fingerprint density at radius 2 is 1.62 bits per heavy atom. The number of halogens is 3. The van der Waals surface area contributed by atoms with Gasteiger partial charge in [0.25, 0.3) is 11.6 Å². The minimum Gasteiger partial charge on any atom is -0.338 e. The second kappa shape index (κ2) is 5.93. The van der Waals surface area contributed by atoms with Gasteiger partial charge >= 0.3 is 6.18 Å². The van der Waals surface area contributed by atoms with Crippen LogP contribution in [-0.2, 0) is 0 Å². The van der Waals surface area contributed by atoms with Gasteiger partial charge in [0.2, 0.25) is 0 Å². The molecule has 0 N–H and O–H groups in total. The lowest BCUT2D eigenvalue weighted by molar-refractivity contribution is -0.175. The van der Waals surface area contributed by atoms with Crippen LogP contribution in [0.2, 0.25) is 0 Å². The van der Waals surface area contributed by atoms with E-state index in [1.807, 2.05) is 42.5 Å². The van der Waals surface area contributed by atoms with Crippen molar-refractivity contribution in [1.29, 1.82) is 0 Å². The number of carbonyl (C=O) groups is 1. The van der Waals surface area contributed by atoms with E-state index in [1.165, 1.54) is 4.90 Å². The minimum atomic E-state index is -4.49. The second-order valence-corrected chi connectivity index (χ2v) is 6.60. The number of rotatable bonds is 3. The van der Waals surface area contributed by atoms with Gasteiger partial charge in [-0.15, -0.1) is 10.2 Å². The first-order valence-electron chi connectivity index (χ1n) is 8.36. The van der Waals surface area contributed by atoms with Crippen LogP contribution < -0.4 is 0 Å². The highest BCUT2D eigenvalue weighted by molar-refractivity contribution is 5.95. The van der Waals surface area contributed by atoms with Crippen molar-refractivity contribution >= 4 is 5.91 Å². The van der Waals surface area contributed by atoms with Gasteiger partial charge in [-0.2, -0.15) is 13.2 Å². The smallest absolute Gasteiger partial charge is 0.338 e. The Morgan fingerprint density at radius 1 is 1.00 bits per heavy atom. The fourth-order valence-electron chi connectivity index (χ4n) is 3.45. The summed E-state index contributed by atoms with van der Waals surface area (Å²) in [5.74, 6) is -1.06. The number of hydrogen-bond acceptors (Lipinski definition) is 3. The molecular formula is C19H16F3N3O. The molecule has 0 radical (unpaired) electrons. The Labute approximate surface area is 148 Å². The van der Waals surface area contributed by atoms with E-state index >= 15 is 0 Å². The lowest BCUT2D eigenvalue weighted by Gasteiger charge is -2.21. The molecular weight excluding hydrogens is 343 g/mol. The summed E-state index contributed by atoms with van der Waals surface area (Å²) in [5.41, 5.74) is 0.195. The number of amides is 1. The van der Waals surface area contributed by atoms with Crippen LogP contribution in [0.5, 0.6) is 0 Å². The van der Waals surface area contributed by atoms with Crippen molar-refractivity contribution in [3.63, 3.8) is 0 Å². The number of benzene rings is 2. The van der Waals surface area contributed by atoms with Crippen molar-refractivity contribution in [2.45, 2.75) is 18.3 Å². The highest BCUT2D eigenvalue weighted by atomic mass is 19.4. The van der Waals surface area contributed by atoms with E-state index in [1.54, 1.807) is 12.1 Å². The average molecular weight is 359 g/mol. The van der Waals surface area contributed by atoms with E-state index in [-0.39, 0.29) is 25.4 Å². The topological polar surface area (TPSA) is 45.0 Å². The lowest BCUT2D eigenvalue weighted by Crippen LogP contribution is -2.42. The van der Waals surface area contributed by atoms with Crippen LogP contribution in [0.1, 0.15) is 16.8 Å². The zero-order chi connectivity index (χ0) is 18.4. The van der Waals surface area contributed by atoms with Gasteiger partial charge in [0.05, 0.1) is 0 Å². The standard InChI is InChI=1S/C19H16F3N3O/c20-19(21,22)18(23-24-18)16-10-11-25(12-16)17(26)15-8-6-14(7-9-15)13-4-2-1-3-5-13/h1-9,16H,10-12H2. The van der Waals surface area contributed by atoms with Crippen LogP contribution in [0.15, 0.2) is 64.8 Å². The van der Waals surface area contributed by atoms with E-state index in [9.17, 15) is 18.0 Å². The van der Waals surface area contributed by atoms with Crippen molar-refractivity contribution in [2.24, 2.45) is 16.1 Å². The van der Waals surface area contributed by atoms with Crippen molar-refractivity contribution in [3.05, 3.63) is 60.2 Å². The molecule has 1 unspecified atom stereocenters. The zero-order valence-corrected chi connectivity index (χ0v) is 13.8. The molecule has 2 aliphatic rings. The SMILES string of the molecule is O=C(c1ccc(-c2ccccc2)cc1)N1CCC(C2(C(F)(F)F)N=N2)C1. The van der Waals surface area contributed by atoms with Gasteiger partial charge in [0.1, 0.15) is 0 Å². The summed E-state index contributed by atoms with van der Waals surface area (Å²) in [7, 11) is 0. The van der Waals surface area contributed by atoms with E-state index in [0.29, 0.717) is 5.56 Å². The van der Waals surface area contributed by atoms with Crippen molar-refractivity contribution in [1.82, 2.24) is 4.90 Å². The third-order valence-corrected chi connectivity index (χ3v) is 5.02. The molecule has 2 aromatic carbocycles. The van der Waals surface area contributed by atoms with E-state index in [2.05, 4.69) is 10.2 Å². The lowest BCUT2D eigenvalue weighted by atomic mass is 9.95. The number of carbonyl (C=O) groups excluding carboxylic acids is 1. The van der Waals surface area contributed by atoms with Gasteiger partial charge in [0.15, 0.2) is 0 Å². The summed E-state index contributed by atoms with van der Waals surface area (Å²) >= 11 is 0. The van der Waals surface area contributed by atoms with Gasteiger partial charge in [-0.1, -0.05) is 42.5 Å². The number of alkyl halides is 3. The summed E-state index contributed by atoms with van der Waals surface area (Å²) in [6.07, 6.45) is -4.24. The summed E-state index contributed by atoms with van der Waals surface area (Å²) < 4.78 is 39.3. The molecule has 2 aromatic rings. The predicted octanol–water partition coefficient (Wildman–Crippen LogP) is 4.54. The largest absolute Gasteiger partial charge is 0.438 e. The second-order valence-electron chi connectivity index (χ2n) is 6.60. The summed E-state index contributed by atoms with van der Waals surface area (Å²) in [6, 6.07) is 16.9.